The molecule has 20 heavy (non-hydrogen) atoms. The quantitative estimate of drug-likeness (QED) is 0.913. The maximum Gasteiger partial charge on any atom is 0.146 e. The van der Waals surface area contributed by atoms with Gasteiger partial charge in [-0.3, -0.25) is 4.90 Å². The van der Waals surface area contributed by atoms with Crippen LogP contribution in [0.4, 0.5) is 10.1 Å². The lowest BCUT2D eigenvalue weighted by Gasteiger charge is -2.43. The number of rotatable bonds is 4. The molecule has 2 unspecified atom stereocenters. The summed E-state index contributed by atoms with van der Waals surface area (Å²) in [6.45, 7) is 9.83. The molecule has 0 radical (unpaired) electrons. The molecule has 1 saturated heterocycles. The number of hydrogen-bond donors (Lipinski definition) is 1. The van der Waals surface area contributed by atoms with Crippen molar-refractivity contribution in [2.24, 2.45) is 0 Å². The fourth-order valence-electron chi connectivity index (χ4n) is 2.79. The molecule has 1 fully saturated rings. The van der Waals surface area contributed by atoms with Gasteiger partial charge in [0, 0.05) is 31.7 Å². The van der Waals surface area contributed by atoms with Gasteiger partial charge in [-0.1, -0.05) is 13.0 Å². The molecule has 1 N–H and O–H groups in total. The van der Waals surface area contributed by atoms with E-state index in [0.717, 1.165) is 37.4 Å². The molecule has 0 bridgehead atoms. The van der Waals surface area contributed by atoms with Crippen LogP contribution in [-0.2, 0) is 6.54 Å². The molecule has 0 aromatic heterocycles. The van der Waals surface area contributed by atoms with Crippen LogP contribution in [0.5, 0.6) is 0 Å². The van der Waals surface area contributed by atoms with Crippen molar-refractivity contribution in [2.45, 2.75) is 39.4 Å². The van der Waals surface area contributed by atoms with Crippen LogP contribution in [-0.4, -0.2) is 43.7 Å². The third-order valence-electron chi connectivity index (χ3n) is 4.29. The van der Waals surface area contributed by atoms with Gasteiger partial charge in [0.05, 0.1) is 5.69 Å². The van der Waals surface area contributed by atoms with E-state index in [4.69, 9.17) is 0 Å². The summed E-state index contributed by atoms with van der Waals surface area (Å²) in [5.74, 6) is -0.107. The van der Waals surface area contributed by atoms with Gasteiger partial charge >= 0.3 is 0 Å². The molecular formula is C16H26FN3. The number of nitrogens with one attached hydrogen (secondary N) is 1. The van der Waals surface area contributed by atoms with Crippen LogP contribution in [0.3, 0.4) is 0 Å². The minimum absolute atomic E-state index is 0.107. The average molecular weight is 279 g/mol. The lowest BCUT2D eigenvalue weighted by molar-refractivity contribution is 0.169. The van der Waals surface area contributed by atoms with Crippen LogP contribution in [0, 0.1) is 5.82 Å². The second-order valence-corrected chi connectivity index (χ2v) is 5.83. The molecule has 1 aromatic rings. The Morgan fingerprint density at radius 1 is 1.25 bits per heavy atom. The molecule has 1 aliphatic rings. The first-order valence-electron chi connectivity index (χ1n) is 7.49. The molecule has 0 spiro atoms. The smallest absolute Gasteiger partial charge is 0.146 e. The van der Waals surface area contributed by atoms with E-state index in [1.807, 2.05) is 12.1 Å². The van der Waals surface area contributed by atoms with E-state index in [2.05, 4.69) is 42.9 Å². The van der Waals surface area contributed by atoms with Crippen LogP contribution >= 0.6 is 0 Å². The third kappa shape index (κ3) is 3.30. The Morgan fingerprint density at radius 2 is 1.90 bits per heavy atom. The molecular weight excluding hydrogens is 253 g/mol. The molecule has 0 aliphatic carbocycles. The maximum absolute atomic E-state index is 14.3. The Hall–Kier alpha value is -1.13. The molecule has 0 saturated carbocycles. The van der Waals surface area contributed by atoms with E-state index >= 15 is 0 Å². The zero-order valence-electron chi connectivity index (χ0n) is 13.0. The Balaban J connectivity index is 2.12. The van der Waals surface area contributed by atoms with Gasteiger partial charge in [0.2, 0.25) is 0 Å². The predicted octanol–water partition coefficient (Wildman–Crippen LogP) is 2.46. The monoisotopic (exact) mass is 279 g/mol. The highest BCUT2D eigenvalue weighted by molar-refractivity contribution is 5.50. The van der Waals surface area contributed by atoms with Crippen molar-refractivity contribution in [1.29, 1.82) is 0 Å². The normalized spacial score (nSPS) is 24.1. The van der Waals surface area contributed by atoms with Crippen molar-refractivity contribution >= 4 is 5.69 Å². The summed E-state index contributed by atoms with van der Waals surface area (Å²) in [7, 11) is 2.14. The van der Waals surface area contributed by atoms with Crippen LogP contribution < -0.4 is 10.2 Å². The largest absolute Gasteiger partial charge is 0.366 e. The van der Waals surface area contributed by atoms with Gasteiger partial charge in [0.1, 0.15) is 5.82 Å². The van der Waals surface area contributed by atoms with Gasteiger partial charge in [0.15, 0.2) is 0 Å². The highest BCUT2D eigenvalue weighted by atomic mass is 19.1. The van der Waals surface area contributed by atoms with Crippen LogP contribution in [0.1, 0.15) is 26.3 Å². The van der Waals surface area contributed by atoms with Crippen molar-refractivity contribution in [1.82, 2.24) is 10.2 Å². The topological polar surface area (TPSA) is 18.5 Å². The fourth-order valence-corrected chi connectivity index (χ4v) is 2.79. The fraction of sp³-hybridized carbons (Fsp3) is 0.625. The minimum atomic E-state index is -0.107. The zero-order valence-corrected chi connectivity index (χ0v) is 13.0. The summed E-state index contributed by atoms with van der Waals surface area (Å²) in [6.07, 6.45) is 0. The lowest BCUT2D eigenvalue weighted by Crippen LogP contribution is -2.55. The van der Waals surface area contributed by atoms with Gasteiger partial charge in [-0.05, 0) is 45.1 Å². The first-order chi connectivity index (χ1) is 9.52. The van der Waals surface area contributed by atoms with Crippen molar-refractivity contribution in [3.8, 4) is 0 Å². The number of anilines is 1. The summed E-state index contributed by atoms with van der Waals surface area (Å²) in [5.41, 5.74) is 1.74. The van der Waals surface area contributed by atoms with Crippen LogP contribution in [0.25, 0.3) is 0 Å². The molecule has 0 amide bonds. The van der Waals surface area contributed by atoms with Crippen molar-refractivity contribution in [3.63, 3.8) is 0 Å². The van der Waals surface area contributed by atoms with Gasteiger partial charge in [0.25, 0.3) is 0 Å². The van der Waals surface area contributed by atoms with E-state index in [9.17, 15) is 4.39 Å². The molecule has 1 aromatic carbocycles. The molecule has 1 heterocycles. The first kappa shape index (κ1) is 15.3. The SMILES string of the molecule is CCNCc1ccc(N2CC(C)N(C)C(C)C2)c(F)c1. The van der Waals surface area contributed by atoms with Gasteiger partial charge in [-0.15, -0.1) is 0 Å². The van der Waals surface area contributed by atoms with E-state index in [0.29, 0.717) is 12.1 Å². The Morgan fingerprint density at radius 3 is 2.45 bits per heavy atom. The van der Waals surface area contributed by atoms with Gasteiger partial charge in [-0.2, -0.15) is 0 Å². The highest BCUT2D eigenvalue weighted by Crippen LogP contribution is 2.25. The minimum Gasteiger partial charge on any atom is -0.366 e. The Kier molecular flexibility index (Phi) is 5.00. The number of halogens is 1. The Labute approximate surface area is 121 Å². The standard InChI is InChI=1S/C16H26FN3/c1-5-18-9-14-6-7-16(15(17)8-14)20-10-12(2)19(4)13(3)11-20/h6-8,12-13,18H,5,9-11H2,1-4H3. The second kappa shape index (κ2) is 6.55. The second-order valence-electron chi connectivity index (χ2n) is 5.83. The first-order valence-corrected chi connectivity index (χ1v) is 7.49. The van der Waals surface area contributed by atoms with Crippen LogP contribution in [0.15, 0.2) is 18.2 Å². The highest BCUT2D eigenvalue weighted by Gasteiger charge is 2.27. The predicted molar refractivity (Wildman–Crippen MR) is 82.7 cm³/mol. The Bertz CT molecular complexity index is 437. The van der Waals surface area contributed by atoms with Crippen molar-refractivity contribution in [3.05, 3.63) is 29.6 Å². The van der Waals surface area contributed by atoms with E-state index in [1.54, 1.807) is 6.07 Å². The number of benzene rings is 1. The van der Waals surface area contributed by atoms with Gasteiger partial charge in [-0.25, -0.2) is 4.39 Å². The summed E-state index contributed by atoms with van der Waals surface area (Å²) < 4.78 is 14.3. The molecule has 4 heteroatoms. The summed E-state index contributed by atoms with van der Waals surface area (Å²) >= 11 is 0. The van der Waals surface area contributed by atoms with Crippen molar-refractivity contribution < 1.29 is 4.39 Å². The number of likely N-dealkylation sites (N-methyl/N-ethyl adjacent to an activating group) is 1. The van der Waals surface area contributed by atoms with E-state index in [-0.39, 0.29) is 5.82 Å². The average Bonchev–Trinajstić information content (AvgIpc) is 2.42. The molecule has 1 aliphatic heterocycles. The van der Waals surface area contributed by atoms with E-state index in [1.165, 1.54) is 0 Å². The molecule has 2 rings (SSSR count). The summed E-state index contributed by atoms with van der Waals surface area (Å²) in [4.78, 5) is 4.52. The zero-order chi connectivity index (χ0) is 14.7. The maximum atomic E-state index is 14.3. The lowest BCUT2D eigenvalue weighted by atomic mass is 10.1. The molecule has 3 nitrogen and oxygen atoms in total. The molecule has 112 valence electrons. The molecule has 2 atom stereocenters. The number of piperazine rings is 1. The van der Waals surface area contributed by atoms with E-state index < -0.39 is 0 Å². The van der Waals surface area contributed by atoms with Crippen LogP contribution in [0.2, 0.25) is 0 Å². The summed E-state index contributed by atoms with van der Waals surface area (Å²) in [6, 6.07) is 6.49. The summed E-state index contributed by atoms with van der Waals surface area (Å²) in [5, 5.41) is 3.22. The van der Waals surface area contributed by atoms with Crippen molar-refractivity contribution in [2.75, 3.05) is 31.6 Å². The van der Waals surface area contributed by atoms with Gasteiger partial charge < -0.3 is 10.2 Å². The number of hydrogen-bond acceptors (Lipinski definition) is 3. The number of nitrogens with zero attached hydrogens (tertiary/aromatic N) is 2. The third-order valence-corrected chi connectivity index (χ3v) is 4.29.